The van der Waals surface area contributed by atoms with Crippen LogP contribution >= 0.6 is 23.2 Å². The number of benzene rings is 4. The zero-order valence-electron chi connectivity index (χ0n) is 42.9. The molecule has 16 nitrogen and oxygen atoms in total. The van der Waals surface area contributed by atoms with Gasteiger partial charge in [-0.25, -0.2) is 26.3 Å². The zero-order chi connectivity index (χ0) is 52.8. The molecule has 0 bridgehead atoms. The lowest BCUT2D eigenvalue weighted by atomic mass is 9.81. The average molecular weight is 1090 g/mol. The van der Waals surface area contributed by atoms with Gasteiger partial charge in [0.1, 0.15) is 5.41 Å². The van der Waals surface area contributed by atoms with Gasteiger partial charge < -0.3 is 39.4 Å². The van der Waals surface area contributed by atoms with Crippen LogP contribution in [-0.4, -0.2) is 145 Å². The van der Waals surface area contributed by atoms with E-state index < -0.39 is 37.3 Å². The number of fused-ring (bicyclic) bond motifs is 2. The van der Waals surface area contributed by atoms with E-state index >= 15 is 0 Å². The van der Waals surface area contributed by atoms with Crippen LogP contribution in [0.2, 0.25) is 10.0 Å². The van der Waals surface area contributed by atoms with Crippen molar-refractivity contribution in [1.29, 1.82) is 0 Å². The van der Waals surface area contributed by atoms with Crippen LogP contribution in [0.3, 0.4) is 0 Å². The molecule has 4 N–H and O–H groups in total. The number of nitrogens with zero attached hydrogens (tertiary/aromatic N) is 2. The Bertz CT molecular complexity index is 2710. The molecule has 0 radical (unpaired) electrons. The van der Waals surface area contributed by atoms with Gasteiger partial charge in [0.25, 0.3) is 0 Å². The van der Waals surface area contributed by atoms with E-state index in [1.54, 1.807) is 30.3 Å². The first-order valence-corrected chi connectivity index (χ1v) is 28.6. The molecule has 0 saturated heterocycles. The van der Waals surface area contributed by atoms with Crippen LogP contribution in [0.15, 0.2) is 82.6 Å². The Morgan fingerprint density at radius 2 is 1.01 bits per heavy atom. The summed E-state index contributed by atoms with van der Waals surface area (Å²) in [5.74, 6) is -0.780. The molecule has 2 aliphatic rings. The van der Waals surface area contributed by atoms with Crippen LogP contribution in [0.1, 0.15) is 84.0 Å². The third-order valence-corrected chi connectivity index (χ3v) is 16.7. The van der Waals surface area contributed by atoms with Crippen LogP contribution in [0.5, 0.6) is 0 Å². The Labute approximate surface area is 442 Å². The molecule has 6 rings (SSSR count). The van der Waals surface area contributed by atoms with Crippen molar-refractivity contribution in [3.63, 3.8) is 0 Å². The second kappa shape index (κ2) is 27.2. The highest BCUT2D eigenvalue weighted by Gasteiger charge is 2.36. The quantitative estimate of drug-likeness (QED) is 0.0392. The number of amides is 2. The van der Waals surface area contributed by atoms with Gasteiger partial charge in [0.15, 0.2) is 0 Å². The number of nitrogens with one attached hydrogen (secondary N) is 4. The minimum Gasteiger partial charge on any atom is -0.378 e. The number of carbonyl (C=O) groups is 2. The SMILES string of the molecule is CCc1cc(CC)c2c(c1)C(c1ccc(S(=O)(=O)NCCOCCOCCNC(=O)C(C)(C)C(=O)NCCOCCOCCNS(=O)(=O)c3ccc(C4CN(C)Cc5c(Cl)cc(Cl)cc54)cc3)cc1)CN(C)C2. The third kappa shape index (κ3) is 16.0. The van der Waals surface area contributed by atoms with E-state index in [9.17, 15) is 26.4 Å². The van der Waals surface area contributed by atoms with Gasteiger partial charge in [-0.1, -0.05) is 73.4 Å². The first kappa shape index (κ1) is 58.2. The second-order valence-electron chi connectivity index (χ2n) is 19.0. The molecule has 0 aliphatic carbocycles. The third-order valence-electron chi connectivity index (χ3n) is 13.2. The first-order valence-electron chi connectivity index (χ1n) is 24.9. The maximum atomic E-state index is 13.1. The van der Waals surface area contributed by atoms with E-state index in [-0.39, 0.29) is 101 Å². The lowest BCUT2D eigenvalue weighted by molar-refractivity contribution is -0.141. The Balaban J connectivity index is 0.770. The van der Waals surface area contributed by atoms with Crippen molar-refractivity contribution < 1.29 is 45.4 Å². The number of hydrogen-bond acceptors (Lipinski definition) is 12. The van der Waals surface area contributed by atoms with E-state index in [0.29, 0.717) is 16.6 Å². The summed E-state index contributed by atoms with van der Waals surface area (Å²) in [4.78, 5) is 30.5. The fraction of sp³-hybridized carbons (Fsp3) is 0.509. The molecule has 4 aromatic carbocycles. The smallest absolute Gasteiger partial charge is 0.240 e. The summed E-state index contributed by atoms with van der Waals surface area (Å²) in [5, 5.41) is 6.61. The van der Waals surface area contributed by atoms with Gasteiger partial charge in [-0.3, -0.25) is 9.59 Å². The van der Waals surface area contributed by atoms with E-state index in [1.165, 1.54) is 36.1 Å². The summed E-state index contributed by atoms with van der Waals surface area (Å²) in [6.45, 7) is 12.7. The molecule has 73 heavy (non-hydrogen) atoms. The standard InChI is InChI=1S/C53H72Cl2N6O10S2/c1-7-37-29-38(8-2)46-33-60(5)34-47(44(46)30-37)39-9-13-42(14-10-39)72(64,65)58-19-23-70-27-25-68-21-17-56-51(62)53(3,4)52(63)57-18-22-69-26-28-71-24-20-59-73(66,67)43-15-11-40(12-16-43)48-35-61(6)36-49-45(48)31-41(54)32-50(49)55/h9-16,29-32,47-48,58-59H,7-8,17-28,33-36H2,1-6H3,(H,56,62)(H,57,63). The number of carbonyl (C=O) groups excluding carboxylic acids is 2. The number of hydrogen-bond donors (Lipinski definition) is 4. The lowest BCUT2D eigenvalue weighted by Crippen LogP contribution is -2.49. The largest absolute Gasteiger partial charge is 0.378 e. The number of likely N-dealkylation sites (N-methyl/N-ethyl adjacent to an activating group) is 2. The normalized spacial score (nSPS) is 16.5. The van der Waals surface area contributed by atoms with Crippen LogP contribution in [0.4, 0.5) is 0 Å². The second-order valence-corrected chi connectivity index (χ2v) is 23.4. The van der Waals surface area contributed by atoms with Crippen LogP contribution < -0.4 is 20.1 Å². The van der Waals surface area contributed by atoms with Gasteiger partial charge in [0, 0.05) is 74.2 Å². The van der Waals surface area contributed by atoms with E-state index in [4.69, 9.17) is 42.1 Å². The highest BCUT2D eigenvalue weighted by atomic mass is 35.5. The van der Waals surface area contributed by atoms with Crippen LogP contribution in [-0.2, 0) is 74.5 Å². The number of sulfonamides is 2. The van der Waals surface area contributed by atoms with Gasteiger partial charge in [0.05, 0.1) is 62.6 Å². The topological polar surface area (TPSA) is 194 Å². The van der Waals surface area contributed by atoms with Gasteiger partial charge in [0.2, 0.25) is 31.9 Å². The molecule has 2 atom stereocenters. The minimum atomic E-state index is -3.77. The Kier molecular flexibility index (Phi) is 21.7. The monoisotopic (exact) mass is 1090 g/mol. The molecule has 2 aliphatic heterocycles. The van der Waals surface area contributed by atoms with Crippen molar-refractivity contribution in [1.82, 2.24) is 29.9 Å². The first-order chi connectivity index (χ1) is 34.8. The fourth-order valence-corrected chi connectivity index (χ4v) is 11.7. The summed E-state index contributed by atoms with van der Waals surface area (Å²) in [6.07, 6.45) is 1.95. The number of rotatable bonds is 28. The van der Waals surface area contributed by atoms with Gasteiger partial charge in [-0.15, -0.1) is 0 Å². The molecule has 0 fully saturated rings. The van der Waals surface area contributed by atoms with Crippen molar-refractivity contribution >= 4 is 55.1 Å². The number of halogens is 2. The maximum absolute atomic E-state index is 13.1. The molecule has 0 spiro atoms. The van der Waals surface area contributed by atoms with Gasteiger partial charge in [-0.2, -0.15) is 0 Å². The summed E-state index contributed by atoms with van der Waals surface area (Å²) in [5.41, 5.74) is 8.19. The van der Waals surface area contributed by atoms with Gasteiger partial charge in [-0.05, 0) is 122 Å². The van der Waals surface area contributed by atoms with E-state index in [2.05, 4.69) is 62.9 Å². The Morgan fingerprint density at radius 3 is 1.45 bits per heavy atom. The van der Waals surface area contributed by atoms with Gasteiger partial charge >= 0.3 is 0 Å². The summed E-state index contributed by atoms with van der Waals surface area (Å²) >= 11 is 12.8. The zero-order valence-corrected chi connectivity index (χ0v) is 46.0. The van der Waals surface area contributed by atoms with E-state index in [0.717, 1.165) is 54.7 Å². The molecule has 0 aromatic heterocycles. The van der Waals surface area contributed by atoms with Crippen molar-refractivity contribution in [2.24, 2.45) is 5.41 Å². The average Bonchev–Trinajstić information content (AvgIpc) is 3.36. The Hall–Kier alpha value is -4.02. The summed E-state index contributed by atoms with van der Waals surface area (Å²) in [6, 6.07) is 22.3. The molecule has 20 heteroatoms. The highest BCUT2D eigenvalue weighted by Crippen LogP contribution is 2.39. The molecule has 4 aromatic rings. The molecule has 2 heterocycles. The molecule has 400 valence electrons. The summed E-state index contributed by atoms with van der Waals surface area (Å²) < 4.78 is 79.4. The minimum absolute atomic E-state index is 0.00812. The predicted octanol–water partition coefficient (Wildman–Crippen LogP) is 5.85. The number of ether oxygens (including phenoxy) is 4. The highest BCUT2D eigenvalue weighted by molar-refractivity contribution is 7.89. The fourth-order valence-electron chi connectivity index (χ4n) is 9.09. The van der Waals surface area contributed by atoms with E-state index in [1.807, 2.05) is 37.4 Å². The van der Waals surface area contributed by atoms with Crippen LogP contribution in [0.25, 0.3) is 0 Å². The Morgan fingerprint density at radius 1 is 0.589 bits per heavy atom. The van der Waals surface area contributed by atoms with Crippen molar-refractivity contribution in [2.45, 2.75) is 75.3 Å². The molecular weight excluding hydrogens is 1020 g/mol. The van der Waals surface area contributed by atoms with Crippen molar-refractivity contribution in [3.8, 4) is 0 Å². The molecule has 2 unspecified atom stereocenters. The number of aryl methyl sites for hydroxylation is 2. The molecule has 2 amide bonds. The predicted molar refractivity (Wildman–Crippen MR) is 284 cm³/mol. The lowest BCUT2D eigenvalue weighted by Gasteiger charge is -2.34. The maximum Gasteiger partial charge on any atom is 0.240 e. The summed E-state index contributed by atoms with van der Waals surface area (Å²) in [7, 11) is -3.36. The molecular formula is C53H72Cl2N6O10S2. The molecule has 0 saturated carbocycles. The van der Waals surface area contributed by atoms with Crippen molar-refractivity contribution in [2.75, 3.05) is 106 Å². The van der Waals surface area contributed by atoms with Crippen molar-refractivity contribution in [3.05, 3.63) is 127 Å². The van der Waals surface area contributed by atoms with Crippen LogP contribution in [0, 0.1) is 5.41 Å².